The van der Waals surface area contributed by atoms with Gasteiger partial charge in [-0.3, -0.25) is 4.79 Å². The van der Waals surface area contributed by atoms with Gasteiger partial charge in [0.15, 0.2) is 0 Å². The molecule has 6 heteroatoms. The smallest absolute Gasteiger partial charge is 0.244 e. The van der Waals surface area contributed by atoms with Crippen LogP contribution < -0.4 is 0 Å². The van der Waals surface area contributed by atoms with Gasteiger partial charge in [-0.25, -0.2) is 4.68 Å². The number of rotatable bonds is 5. The van der Waals surface area contributed by atoms with E-state index in [9.17, 15) is 4.79 Å². The second-order valence-electron chi connectivity index (χ2n) is 4.66. The lowest BCUT2D eigenvalue weighted by molar-refractivity contribution is -0.132. The minimum atomic E-state index is -0.176. The van der Waals surface area contributed by atoms with Crippen molar-refractivity contribution >= 4 is 5.91 Å². The molecule has 1 aromatic carbocycles. The van der Waals surface area contributed by atoms with Crippen LogP contribution in [-0.4, -0.2) is 38.0 Å². The van der Waals surface area contributed by atoms with E-state index in [2.05, 4.69) is 10.3 Å². The predicted molar refractivity (Wildman–Crippen MR) is 73.6 cm³/mol. The van der Waals surface area contributed by atoms with E-state index >= 15 is 0 Å². The molecule has 0 aliphatic heterocycles. The third kappa shape index (κ3) is 3.21. The first-order valence-corrected chi connectivity index (χ1v) is 6.42. The Balaban J connectivity index is 2.01. The number of likely N-dealkylation sites (N-methyl/N-ethyl adjacent to an activating group) is 1. The molecule has 2 aromatic rings. The maximum Gasteiger partial charge on any atom is 0.244 e. The molecular formula is C14H18N4O2. The predicted octanol–water partition coefficient (Wildman–Crippen LogP) is 0.990. The van der Waals surface area contributed by atoms with E-state index < -0.39 is 0 Å². The second kappa shape index (κ2) is 6.29. The lowest BCUT2D eigenvalue weighted by Crippen LogP contribution is -2.32. The Bertz CT molecular complexity index is 568. The van der Waals surface area contributed by atoms with Gasteiger partial charge in [0, 0.05) is 7.05 Å². The van der Waals surface area contributed by atoms with Crippen LogP contribution in [0.25, 0.3) is 0 Å². The second-order valence-corrected chi connectivity index (χ2v) is 4.66. The van der Waals surface area contributed by atoms with Crippen LogP contribution in [0.2, 0.25) is 0 Å². The van der Waals surface area contributed by atoms with Crippen molar-refractivity contribution in [3.05, 3.63) is 47.8 Å². The maximum absolute atomic E-state index is 12.2. The van der Waals surface area contributed by atoms with Crippen LogP contribution in [0, 0.1) is 0 Å². The van der Waals surface area contributed by atoms with Gasteiger partial charge in [0.1, 0.15) is 12.2 Å². The number of hydrogen-bond acceptors (Lipinski definition) is 4. The molecule has 0 fully saturated rings. The van der Waals surface area contributed by atoms with Crippen LogP contribution >= 0.6 is 0 Å². The SMILES string of the molecule is CC(c1ccccc1)N(C)C(=O)Cn1cc(CO)nn1. The zero-order valence-electron chi connectivity index (χ0n) is 11.6. The molecule has 1 amide bonds. The highest BCUT2D eigenvalue weighted by Crippen LogP contribution is 2.18. The Morgan fingerprint density at radius 1 is 1.40 bits per heavy atom. The van der Waals surface area contributed by atoms with Gasteiger partial charge in [-0.05, 0) is 12.5 Å². The number of hydrogen-bond donors (Lipinski definition) is 1. The number of benzene rings is 1. The molecule has 20 heavy (non-hydrogen) atoms. The van der Waals surface area contributed by atoms with Crippen LogP contribution in [0.5, 0.6) is 0 Å². The molecule has 0 bridgehead atoms. The third-order valence-corrected chi connectivity index (χ3v) is 3.30. The average Bonchev–Trinajstić information content (AvgIpc) is 2.94. The molecule has 1 unspecified atom stereocenters. The van der Waals surface area contributed by atoms with Gasteiger partial charge in [-0.2, -0.15) is 0 Å². The van der Waals surface area contributed by atoms with Crippen molar-refractivity contribution < 1.29 is 9.90 Å². The molecule has 0 spiro atoms. The summed E-state index contributed by atoms with van der Waals surface area (Å²) in [4.78, 5) is 13.9. The van der Waals surface area contributed by atoms with Crippen molar-refractivity contribution in [3.8, 4) is 0 Å². The highest BCUT2D eigenvalue weighted by atomic mass is 16.3. The van der Waals surface area contributed by atoms with E-state index in [0.29, 0.717) is 5.69 Å². The number of nitrogens with zero attached hydrogens (tertiary/aromatic N) is 4. The Morgan fingerprint density at radius 3 is 2.70 bits per heavy atom. The fourth-order valence-corrected chi connectivity index (χ4v) is 1.91. The topological polar surface area (TPSA) is 71.2 Å². The van der Waals surface area contributed by atoms with E-state index in [1.54, 1.807) is 18.1 Å². The van der Waals surface area contributed by atoms with E-state index in [1.807, 2.05) is 37.3 Å². The molecule has 6 nitrogen and oxygen atoms in total. The zero-order valence-corrected chi connectivity index (χ0v) is 11.6. The van der Waals surface area contributed by atoms with Crippen molar-refractivity contribution in [3.63, 3.8) is 0 Å². The molecule has 1 N–H and O–H groups in total. The summed E-state index contributed by atoms with van der Waals surface area (Å²) in [5, 5.41) is 16.5. The molecule has 0 radical (unpaired) electrons. The van der Waals surface area contributed by atoms with E-state index in [0.717, 1.165) is 5.56 Å². The Hall–Kier alpha value is -2.21. The first-order valence-electron chi connectivity index (χ1n) is 6.42. The van der Waals surface area contributed by atoms with Crippen molar-refractivity contribution in [1.29, 1.82) is 0 Å². The number of aliphatic hydroxyl groups is 1. The lowest BCUT2D eigenvalue weighted by Gasteiger charge is -2.25. The number of aromatic nitrogens is 3. The summed E-state index contributed by atoms with van der Waals surface area (Å²) in [6.45, 7) is 1.92. The number of amides is 1. The van der Waals surface area contributed by atoms with E-state index in [1.165, 1.54) is 4.68 Å². The van der Waals surface area contributed by atoms with Gasteiger partial charge in [0.2, 0.25) is 5.91 Å². The summed E-state index contributed by atoms with van der Waals surface area (Å²) in [5.41, 5.74) is 1.54. The van der Waals surface area contributed by atoms with Gasteiger partial charge in [0.05, 0.1) is 18.8 Å². The van der Waals surface area contributed by atoms with Gasteiger partial charge in [-0.1, -0.05) is 35.5 Å². The highest BCUT2D eigenvalue weighted by Gasteiger charge is 2.17. The van der Waals surface area contributed by atoms with Crippen molar-refractivity contribution in [2.75, 3.05) is 7.05 Å². The van der Waals surface area contributed by atoms with Gasteiger partial charge in [-0.15, -0.1) is 5.10 Å². The van der Waals surface area contributed by atoms with Crippen LogP contribution in [0.4, 0.5) is 0 Å². The molecular weight excluding hydrogens is 256 g/mol. The summed E-state index contributed by atoms with van der Waals surface area (Å²) in [5.74, 6) is -0.0595. The molecule has 0 saturated heterocycles. The van der Waals surface area contributed by atoms with Crippen LogP contribution in [0.3, 0.4) is 0 Å². The van der Waals surface area contributed by atoms with Gasteiger partial charge < -0.3 is 10.0 Å². The van der Waals surface area contributed by atoms with Crippen molar-refractivity contribution in [2.45, 2.75) is 26.1 Å². The molecule has 2 rings (SSSR count). The Kier molecular flexibility index (Phi) is 4.47. The average molecular weight is 274 g/mol. The zero-order chi connectivity index (χ0) is 14.5. The minimum Gasteiger partial charge on any atom is -0.390 e. The summed E-state index contributed by atoms with van der Waals surface area (Å²) in [6, 6.07) is 9.83. The highest BCUT2D eigenvalue weighted by molar-refractivity contribution is 5.76. The van der Waals surface area contributed by atoms with Crippen LogP contribution in [0.15, 0.2) is 36.5 Å². The fraction of sp³-hybridized carbons (Fsp3) is 0.357. The molecule has 106 valence electrons. The molecule has 1 atom stereocenters. The van der Waals surface area contributed by atoms with E-state index in [-0.39, 0.29) is 25.1 Å². The normalized spacial score (nSPS) is 12.2. The molecule has 0 saturated carbocycles. The number of carbonyl (C=O) groups excluding carboxylic acids is 1. The molecule has 0 aliphatic carbocycles. The lowest BCUT2D eigenvalue weighted by atomic mass is 10.1. The van der Waals surface area contributed by atoms with Crippen LogP contribution in [0.1, 0.15) is 24.2 Å². The first-order chi connectivity index (χ1) is 9.61. The third-order valence-electron chi connectivity index (χ3n) is 3.30. The standard InChI is InChI=1S/C14H18N4O2/c1-11(12-6-4-3-5-7-12)17(2)14(20)9-18-8-13(10-19)15-16-18/h3-8,11,19H,9-10H2,1-2H3. The van der Waals surface area contributed by atoms with Crippen molar-refractivity contribution in [1.82, 2.24) is 19.9 Å². The first kappa shape index (κ1) is 14.2. The Labute approximate surface area is 117 Å². The van der Waals surface area contributed by atoms with Crippen molar-refractivity contribution in [2.24, 2.45) is 0 Å². The number of carbonyl (C=O) groups is 1. The van der Waals surface area contributed by atoms with Gasteiger partial charge >= 0.3 is 0 Å². The van der Waals surface area contributed by atoms with Gasteiger partial charge in [0.25, 0.3) is 0 Å². The Morgan fingerprint density at radius 2 is 2.10 bits per heavy atom. The molecule has 1 aromatic heterocycles. The minimum absolute atomic E-state index is 0.00969. The number of aliphatic hydroxyl groups excluding tert-OH is 1. The fourth-order valence-electron chi connectivity index (χ4n) is 1.91. The van der Waals surface area contributed by atoms with Crippen LogP contribution in [-0.2, 0) is 17.9 Å². The molecule has 1 heterocycles. The summed E-state index contributed by atoms with van der Waals surface area (Å²) in [7, 11) is 1.77. The van der Waals surface area contributed by atoms with E-state index in [4.69, 9.17) is 5.11 Å². The monoisotopic (exact) mass is 274 g/mol. The summed E-state index contributed by atoms with van der Waals surface area (Å²) < 4.78 is 1.43. The summed E-state index contributed by atoms with van der Waals surface area (Å²) >= 11 is 0. The summed E-state index contributed by atoms with van der Waals surface area (Å²) in [6.07, 6.45) is 1.57. The quantitative estimate of drug-likeness (QED) is 0.882. The largest absolute Gasteiger partial charge is 0.390 e. The molecule has 0 aliphatic rings. The maximum atomic E-state index is 12.2.